The zero-order valence-corrected chi connectivity index (χ0v) is 14.2. The second-order valence-electron chi connectivity index (χ2n) is 5.74. The van der Waals surface area contributed by atoms with Crippen molar-refractivity contribution in [3.63, 3.8) is 0 Å². The van der Waals surface area contributed by atoms with Gasteiger partial charge in [0.15, 0.2) is 0 Å². The lowest BCUT2D eigenvalue weighted by Gasteiger charge is -2.40. The second-order valence-corrected chi connectivity index (χ2v) is 6.65. The van der Waals surface area contributed by atoms with Gasteiger partial charge >= 0.3 is 0 Å². The van der Waals surface area contributed by atoms with E-state index in [1.807, 2.05) is 36.2 Å². The number of hydrogen-bond acceptors (Lipinski definition) is 3. The van der Waals surface area contributed by atoms with E-state index in [0.717, 1.165) is 36.9 Å². The fourth-order valence-corrected chi connectivity index (χ4v) is 2.96. The maximum absolute atomic E-state index is 12.6. The van der Waals surface area contributed by atoms with E-state index in [-0.39, 0.29) is 18.1 Å². The summed E-state index contributed by atoms with van der Waals surface area (Å²) in [5.41, 5.74) is 0.713. The molecule has 1 aromatic carbocycles. The molecule has 1 aromatic rings. The van der Waals surface area contributed by atoms with E-state index in [4.69, 9.17) is 0 Å². The molecule has 2 rings (SSSR count). The smallest absolute Gasteiger partial charge is 0.253 e. The lowest BCUT2D eigenvalue weighted by molar-refractivity contribution is -0.0113. The Bertz CT molecular complexity index is 472. The minimum absolute atomic E-state index is 0.0574. The van der Waals surface area contributed by atoms with Gasteiger partial charge in [-0.3, -0.25) is 9.69 Å². The highest BCUT2D eigenvalue weighted by atomic mass is 79.9. The Balaban J connectivity index is 2.00. The van der Waals surface area contributed by atoms with Crippen LogP contribution in [0.1, 0.15) is 30.1 Å². The fraction of sp³-hybridized carbons (Fsp3) is 0.562. The lowest BCUT2D eigenvalue weighted by Crippen LogP contribution is -2.55. The van der Waals surface area contributed by atoms with Crippen molar-refractivity contribution in [3.05, 3.63) is 34.3 Å². The van der Waals surface area contributed by atoms with Crippen LogP contribution in [0.2, 0.25) is 0 Å². The molecular formula is C16H23BrN2O2. The molecule has 1 fully saturated rings. The number of likely N-dealkylation sites (tertiary alicyclic amines) is 1. The first-order valence-electron chi connectivity index (χ1n) is 7.44. The standard InChI is InChI=1S/C16H23BrN2O2/c1-3-4-14(9-19-10-15(20)11-19)18(2)16(21)12-5-7-13(17)8-6-12/h5-8,14-15,20H,3-4,9-11H2,1-2H3. The molecule has 0 bridgehead atoms. The molecule has 0 radical (unpaired) electrons. The van der Waals surface area contributed by atoms with Crippen molar-refractivity contribution in [2.75, 3.05) is 26.7 Å². The molecule has 4 nitrogen and oxygen atoms in total. The van der Waals surface area contributed by atoms with Crippen LogP contribution in [0.3, 0.4) is 0 Å². The molecule has 0 spiro atoms. The van der Waals surface area contributed by atoms with Gasteiger partial charge in [0.2, 0.25) is 0 Å². The summed E-state index contributed by atoms with van der Waals surface area (Å²) in [7, 11) is 1.88. The number of carbonyl (C=O) groups excluding carboxylic acids is 1. The van der Waals surface area contributed by atoms with Gasteiger partial charge < -0.3 is 10.0 Å². The third kappa shape index (κ3) is 4.28. The molecule has 0 aromatic heterocycles. The van der Waals surface area contributed by atoms with E-state index in [1.54, 1.807) is 0 Å². The number of aliphatic hydroxyl groups excluding tert-OH is 1. The molecule has 1 atom stereocenters. The lowest BCUT2D eigenvalue weighted by atomic mass is 10.1. The summed E-state index contributed by atoms with van der Waals surface area (Å²) in [5, 5.41) is 9.39. The van der Waals surface area contributed by atoms with E-state index in [9.17, 15) is 9.90 Å². The molecule has 1 aliphatic rings. The number of carbonyl (C=O) groups is 1. The van der Waals surface area contributed by atoms with Gasteiger partial charge in [-0.05, 0) is 30.7 Å². The van der Waals surface area contributed by atoms with Crippen LogP contribution in [0.25, 0.3) is 0 Å². The maximum atomic E-state index is 12.6. The number of amides is 1. The van der Waals surface area contributed by atoms with Crippen LogP contribution >= 0.6 is 15.9 Å². The molecule has 1 saturated heterocycles. The molecule has 1 heterocycles. The average molecular weight is 355 g/mol. The normalized spacial score (nSPS) is 17.3. The van der Waals surface area contributed by atoms with Gasteiger partial charge in [-0.25, -0.2) is 0 Å². The van der Waals surface area contributed by atoms with Gasteiger partial charge in [0.05, 0.1) is 6.10 Å². The van der Waals surface area contributed by atoms with Crippen molar-refractivity contribution < 1.29 is 9.90 Å². The SMILES string of the molecule is CCCC(CN1CC(O)C1)N(C)C(=O)c1ccc(Br)cc1. The topological polar surface area (TPSA) is 43.8 Å². The minimum Gasteiger partial charge on any atom is -0.390 e. The third-order valence-corrected chi connectivity index (χ3v) is 4.52. The number of halogens is 1. The highest BCUT2D eigenvalue weighted by Gasteiger charge is 2.29. The number of rotatable bonds is 6. The van der Waals surface area contributed by atoms with Crippen LogP contribution in [0.4, 0.5) is 0 Å². The maximum Gasteiger partial charge on any atom is 0.253 e. The quantitative estimate of drug-likeness (QED) is 0.852. The minimum atomic E-state index is -0.195. The number of β-amino-alcohol motifs (C(OH)–C–C–N with tert-alkyl or cyclic N) is 1. The fourth-order valence-electron chi connectivity index (χ4n) is 2.69. The van der Waals surface area contributed by atoms with Crippen LogP contribution in [-0.4, -0.2) is 59.6 Å². The summed E-state index contributed by atoms with van der Waals surface area (Å²) >= 11 is 3.39. The first kappa shape index (κ1) is 16.5. The van der Waals surface area contributed by atoms with E-state index >= 15 is 0 Å². The van der Waals surface area contributed by atoms with E-state index in [0.29, 0.717) is 5.56 Å². The van der Waals surface area contributed by atoms with Gasteiger partial charge in [-0.2, -0.15) is 0 Å². The molecule has 1 unspecified atom stereocenters. The molecule has 1 N–H and O–H groups in total. The van der Waals surface area contributed by atoms with Gasteiger partial charge in [0.25, 0.3) is 5.91 Å². The monoisotopic (exact) mass is 354 g/mol. The summed E-state index contributed by atoms with van der Waals surface area (Å²) in [4.78, 5) is 16.6. The largest absolute Gasteiger partial charge is 0.390 e. The Labute approximate surface area is 134 Å². The highest BCUT2D eigenvalue weighted by molar-refractivity contribution is 9.10. The van der Waals surface area contributed by atoms with Crippen molar-refractivity contribution in [1.29, 1.82) is 0 Å². The highest BCUT2D eigenvalue weighted by Crippen LogP contribution is 2.17. The predicted octanol–water partition coefficient (Wildman–Crippen LogP) is 2.37. The summed E-state index contributed by atoms with van der Waals surface area (Å²) in [6, 6.07) is 7.67. The molecule has 0 aliphatic carbocycles. The Morgan fingerprint density at radius 2 is 2.05 bits per heavy atom. The molecule has 116 valence electrons. The zero-order chi connectivity index (χ0) is 15.4. The Morgan fingerprint density at radius 1 is 1.43 bits per heavy atom. The van der Waals surface area contributed by atoms with Crippen LogP contribution in [0, 0.1) is 0 Å². The summed E-state index contributed by atoms with van der Waals surface area (Å²) in [5.74, 6) is 0.0574. The number of nitrogens with zero attached hydrogens (tertiary/aromatic N) is 2. The van der Waals surface area contributed by atoms with Crippen LogP contribution in [0.5, 0.6) is 0 Å². The first-order valence-corrected chi connectivity index (χ1v) is 8.23. The van der Waals surface area contributed by atoms with E-state index < -0.39 is 0 Å². The van der Waals surface area contributed by atoms with Gasteiger partial charge in [-0.15, -0.1) is 0 Å². The number of hydrogen-bond donors (Lipinski definition) is 1. The summed E-state index contributed by atoms with van der Waals surface area (Å²) in [6.45, 7) is 4.42. The van der Waals surface area contributed by atoms with Crippen molar-refractivity contribution in [2.24, 2.45) is 0 Å². The van der Waals surface area contributed by atoms with Crippen molar-refractivity contribution in [3.8, 4) is 0 Å². The molecule has 5 heteroatoms. The average Bonchev–Trinajstić information content (AvgIpc) is 2.44. The zero-order valence-electron chi connectivity index (χ0n) is 12.6. The molecule has 1 amide bonds. The molecule has 21 heavy (non-hydrogen) atoms. The van der Waals surface area contributed by atoms with Crippen LogP contribution in [-0.2, 0) is 0 Å². The summed E-state index contributed by atoms with van der Waals surface area (Å²) in [6.07, 6.45) is 1.82. The van der Waals surface area contributed by atoms with Crippen molar-refractivity contribution >= 4 is 21.8 Å². The molecule has 0 saturated carbocycles. The Morgan fingerprint density at radius 3 is 2.57 bits per heavy atom. The number of likely N-dealkylation sites (N-methyl/N-ethyl adjacent to an activating group) is 1. The van der Waals surface area contributed by atoms with E-state index in [1.165, 1.54) is 0 Å². The Kier molecular flexibility index (Phi) is 5.79. The summed E-state index contributed by atoms with van der Waals surface area (Å²) < 4.78 is 0.973. The van der Waals surface area contributed by atoms with Crippen LogP contribution < -0.4 is 0 Å². The third-order valence-electron chi connectivity index (χ3n) is 3.99. The van der Waals surface area contributed by atoms with Gasteiger partial charge in [-0.1, -0.05) is 29.3 Å². The first-order chi connectivity index (χ1) is 10.0. The molecule has 1 aliphatic heterocycles. The van der Waals surface area contributed by atoms with Crippen molar-refractivity contribution in [1.82, 2.24) is 9.80 Å². The number of aliphatic hydroxyl groups is 1. The Hall–Kier alpha value is -0.910. The van der Waals surface area contributed by atoms with Crippen molar-refractivity contribution in [2.45, 2.75) is 31.9 Å². The number of benzene rings is 1. The van der Waals surface area contributed by atoms with E-state index in [2.05, 4.69) is 27.8 Å². The van der Waals surface area contributed by atoms with Crippen LogP contribution in [0.15, 0.2) is 28.7 Å². The van der Waals surface area contributed by atoms with Gasteiger partial charge in [0.1, 0.15) is 0 Å². The predicted molar refractivity (Wildman–Crippen MR) is 87.4 cm³/mol. The van der Waals surface area contributed by atoms with Gasteiger partial charge in [0, 0.05) is 42.8 Å². The second kappa shape index (κ2) is 7.38. The molecular weight excluding hydrogens is 332 g/mol.